The average Bonchev–Trinajstić information content (AvgIpc) is 2.38. The van der Waals surface area contributed by atoms with Crippen LogP contribution in [0.1, 0.15) is 38.1 Å². The van der Waals surface area contributed by atoms with Gasteiger partial charge in [0.05, 0.1) is 5.56 Å². The molecule has 96 valence electrons. The van der Waals surface area contributed by atoms with Crippen LogP contribution in [-0.4, -0.2) is 28.0 Å². The Balaban J connectivity index is 0.00000121. The molecule has 0 aliphatic carbocycles. The van der Waals surface area contributed by atoms with E-state index < -0.39 is 0 Å². The zero-order valence-corrected chi connectivity index (χ0v) is 11.8. The lowest BCUT2D eigenvalue weighted by atomic mass is 10.0. The number of anilines is 1. The molecular weight excluding hydrogens is 234 g/mol. The second-order valence-electron chi connectivity index (χ2n) is 3.45. The standard InChI is InChI=1S/C10H15N3OS.C2H6/c1-7(2)9(14)8-5-11-6-13-10(8)12-3-4-15;1-2/h5-7,15H,3-4H2,1-2H3,(H,11,12,13);1-2H3. The Labute approximate surface area is 109 Å². The highest BCUT2D eigenvalue weighted by Crippen LogP contribution is 2.14. The van der Waals surface area contributed by atoms with E-state index in [0.29, 0.717) is 23.7 Å². The second kappa shape index (κ2) is 8.98. The van der Waals surface area contributed by atoms with Gasteiger partial charge in [-0.2, -0.15) is 12.6 Å². The summed E-state index contributed by atoms with van der Waals surface area (Å²) in [6.45, 7) is 8.40. The molecule has 1 N–H and O–H groups in total. The van der Waals surface area contributed by atoms with Crippen LogP contribution in [0.5, 0.6) is 0 Å². The molecule has 0 saturated carbocycles. The molecule has 0 saturated heterocycles. The Morgan fingerprint density at radius 1 is 1.47 bits per heavy atom. The first kappa shape index (κ1) is 15.9. The van der Waals surface area contributed by atoms with Crippen molar-refractivity contribution >= 4 is 24.2 Å². The van der Waals surface area contributed by atoms with Gasteiger partial charge in [-0.3, -0.25) is 4.79 Å². The molecule has 0 aliphatic heterocycles. The van der Waals surface area contributed by atoms with Gasteiger partial charge in [0.2, 0.25) is 0 Å². The van der Waals surface area contributed by atoms with E-state index in [1.165, 1.54) is 6.33 Å². The van der Waals surface area contributed by atoms with Crippen molar-refractivity contribution in [3.05, 3.63) is 18.1 Å². The number of aromatic nitrogens is 2. The van der Waals surface area contributed by atoms with Gasteiger partial charge in [-0.05, 0) is 0 Å². The van der Waals surface area contributed by atoms with Crippen LogP contribution in [-0.2, 0) is 0 Å². The highest BCUT2D eigenvalue weighted by molar-refractivity contribution is 7.80. The van der Waals surface area contributed by atoms with E-state index in [2.05, 4.69) is 27.9 Å². The van der Waals surface area contributed by atoms with E-state index in [1.807, 2.05) is 27.7 Å². The summed E-state index contributed by atoms with van der Waals surface area (Å²) in [5.41, 5.74) is 0.550. The van der Waals surface area contributed by atoms with Crippen LogP contribution < -0.4 is 5.32 Å². The number of Topliss-reactive ketones (excluding diaryl/α,β-unsaturated/α-hetero) is 1. The molecule has 0 fully saturated rings. The molecule has 0 unspecified atom stereocenters. The van der Waals surface area contributed by atoms with Gasteiger partial charge in [-0.15, -0.1) is 0 Å². The molecule has 1 heterocycles. The zero-order valence-electron chi connectivity index (χ0n) is 10.9. The number of carbonyl (C=O) groups excluding carboxylic acids is 1. The van der Waals surface area contributed by atoms with E-state index in [-0.39, 0.29) is 11.7 Å². The van der Waals surface area contributed by atoms with Crippen molar-refractivity contribution in [2.45, 2.75) is 27.7 Å². The Morgan fingerprint density at radius 2 is 2.12 bits per heavy atom. The van der Waals surface area contributed by atoms with Gasteiger partial charge < -0.3 is 5.32 Å². The van der Waals surface area contributed by atoms with E-state index >= 15 is 0 Å². The number of nitrogens with zero attached hydrogens (tertiary/aromatic N) is 2. The lowest BCUT2D eigenvalue weighted by molar-refractivity contribution is 0.0939. The van der Waals surface area contributed by atoms with Crippen LogP contribution in [0, 0.1) is 5.92 Å². The van der Waals surface area contributed by atoms with Crippen LogP contribution >= 0.6 is 12.6 Å². The first-order valence-corrected chi connectivity index (χ1v) is 6.49. The molecule has 5 heteroatoms. The monoisotopic (exact) mass is 255 g/mol. The smallest absolute Gasteiger partial charge is 0.170 e. The first-order chi connectivity index (χ1) is 8.16. The number of nitrogens with one attached hydrogen (secondary N) is 1. The van der Waals surface area contributed by atoms with Crippen LogP contribution in [0.2, 0.25) is 0 Å². The number of rotatable bonds is 5. The van der Waals surface area contributed by atoms with Crippen molar-refractivity contribution in [2.24, 2.45) is 5.92 Å². The van der Waals surface area contributed by atoms with Crippen LogP contribution in [0.15, 0.2) is 12.5 Å². The highest BCUT2D eigenvalue weighted by Gasteiger charge is 2.15. The summed E-state index contributed by atoms with van der Waals surface area (Å²) < 4.78 is 0. The number of hydrogen-bond acceptors (Lipinski definition) is 5. The molecule has 4 nitrogen and oxygen atoms in total. The van der Waals surface area contributed by atoms with Crippen LogP contribution in [0.25, 0.3) is 0 Å². The van der Waals surface area contributed by atoms with E-state index in [9.17, 15) is 4.79 Å². The van der Waals surface area contributed by atoms with Gasteiger partial charge in [0, 0.05) is 24.4 Å². The molecule has 0 aliphatic rings. The first-order valence-electron chi connectivity index (χ1n) is 5.85. The van der Waals surface area contributed by atoms with Crippen molar-refractivity contribution in [3.63, 3.8) is 0 Å². The predicted molar refractivity (Wildman–Crippen MR) is 74.9 cm³/mol. The maximum absolute atomic E-state index is 11.8. The fourth-order valence-electron chi connectivity index (χ4n) is 1.14. The largest absolute Gasteiger partial charge is 0.369 e. The van der Waals surface area contributed by atoms with Crippen molar-refractivity contribution in [1.82, 2.24) is 9.97 Å². The Morgan fingerprint density at radius 3 is 2.65 bits per heavy atom. The Kier molecular flexibility index (Phi) is 8.40. The molecule has 0 spiro atoms. The van der Waals surface area contributed by atoms with Gasteiger partial charge in [-0.25, -0.2) is 9.97 Å². The van der Waals surface area contributed by atoms with Gasteiger partial charge in [0.25, 0.3) is 0 Å². The zero-order chi connectivity index (χ0) is 13.3. The number of thiol groups is 1. The van der Waals surface area contributed by atoms with E-state index in [1.54, 1.807) is 6.20 Å². The van der Waals surface area contributed by atoms with Gasteiger partial charge in [-0.1, -0.05) is 27.7 Å². The molecule has 1 aromatic rings. The maximum Gasteiger partial charge on any atom is 0.170 e. The highest BCUT2D eigenvalue weighted by atomic mass is 32.1. The molecule has 17 heavy (non-hydrogen) atoms. The minimum atomic E-state index is -0.0486. The van der Waals surface area contributed by atoms with Gasteiger partial charge in [0.15, 0.2) is 5.78 Å². The van der Waals surface area contributed by atoms with Gasteiger partial charge in [0.1, 0.15) is 12.1 Å². The molecule has 1 rings (SSSR count). The lowest BCUT2D eigenvalue weighted by Crippen LogP contribution is -2.14. The molecule has 0 atom stereocenters. The van der Waals surface area contributed by atoms with E-state index in [4.69, 9.17) is 0 Å². The topological polar surface area (TPSA) is 54.9 Å². The van der Waals surface area contributed by atoms with Crippen molar-refractivity contribution < 1.29 is 4.79 Å². The second-order valence-corrected chi connectivity index (χ2v) is 3.90. The molecular formula is C12H21N3OS. The number of carbonyl (C=O) groups is 1. The Hall–Kier alpha value is -1.10. The molecule has 0 aromatic carbocycles. The predicted octanol–water partition coefficient (Wildman–Crippen LogP) is 2.68. The van der Waals surface area contributed by atoms with Crippen LogP contribution in [0.4, 0.5) is 5.82 Å². The third kappa shape index (κ3) is 5.17. The van der Waals surface area contributed by atoms with Crippen molar-refractivity contribution in [3.8, 4) is 0 Å². The third-order valence-corrected chi connectivity index (χ3v) is 2.13. The van der Waals surface area contributed by atoms with Crippen molar-refractivity contribution in [2.75, 3.05) is 17.6 Å². The number of ketones is 1. The maximum atomic E-state index is 11.8. The van der Waals surface area contributed by atoms with Gasteiger partial charge >= 0.3 is 0 Å². The van der Waals surface area contributed by atoms with Crippen LogP contribution in [0.3, 0.4) is 0 Å². The van der Waals surface area contributed by atoms with Crippen molar-refractivity contribution in [1.29, 1.82) is 0 Å². The lowest BCUT2D eigenvalue weighted by Gasteiger charge is -2.09. The minimum Gasteiger partial charge on any atom is -0.369 e. The number of hydrogen-bond donors (Lipinski definition) is 2. The molecule has 0 radical (unpaired) electrons. The quantitative estimate of drug-likeness (QED) is 0.627. The Bertz CT molecular complexity index is 342. The normalized spacial score (nSPS) is 9.53. The summed E-state index contributed by atoms with van der Waals surface area (Å²) in [5.74, 6) is 1.29. The SMILES string of the molecule is CC.CC(C)C(=O)c1cncnc1NCCS. The molecule has 0 amide bonds. The molecule has 0 bridgehead atoms. The summed E-state index contributed by atoms with van der Waals surface area (Å²) in [4.78, 5) is 19.7. The average molecular weight is 255 g/mol. The summed E-state index contributed by atoms with van der Waals surface area (Å²) in [7, 11) is 0. The van der Waals surface area contributed by atoms with E-state index in [0.717, 1.165) is 0 Å². The minimum absolute atomic E-state index is 0.0486. The summed E-state index contributed by atoms with van der Waals surface area (Å²) in [6.07, 6.45) is 2.98. The third-order valence-electron chi connectivity index (χ3n) is 1.91. The molecule has 1 aromatic heterocycles. The summed E-state index contributed by atoms with van der Waals surface area (Å²) in [5, 5.41) is 3.05. The summed E-state index contributed by atoms with van der Waals surface area (Å²) in [6, 6.07) is 0. The fraction of sp³-hybridized carbons (Fsp3) is 0.583. The fourth-order valence-corrected chi connectivity index (χ4v) is 1.25. The summed E-state index contributed by atoms with van der Waals surface area (Å²) >= 11 is 4.09.